The Bertz CT molecular complexity index is 381. The summed E-state index contributed by atoms with van der Waals surface area (Å²) in [7, 11) is 0. The first-order valence-corrected chi connectivity index (χ1v) is 3.79. The summed E-state index contributed by atoms with van der Waals surface area (Å²) < 4.78 is 5.10. The maximum Gasteiger partial charge on any atom is 0.155 e. The Hall–Kier alpha value is -1.97. The van der Waals surface area contributed by atoms with Crippen molar-refractivity contribution in [2.45, 2.75) is 0 Å². The van der Waals surface area contributed by atoms with E-state index in [9.17, 15) is 0 Å². The van der Waals surface area contributed by atoms with E-state index in [0.29, 0.717) is 5.82 Å². The van der Waals surface area contributed by atoms with Crippen LogP contribution in [0.2, 0.25) is 0 Å². The Balaban J connectivity index is 2.15. The highest BCUT2D eigenvalue weighted by molar-refractivity contribution is 5.63. The average molecular weight is 173 g/mol. The average Bonchev–Trinajstić information content (AvgIpc) is 2.69. The third-order valence-corrected chi connectivity index (χ3v) is 1.45. The van der Waals surface area contributed by atoms with Crippen LogP contribution < -0.4 is 0 Å². The molecule has 0 saturated heterocycles. The Kier molecular flexibility index (Phi) is 2.14. The van der Waals surface area contributed by atoms with Crippen LogP contribution in [0.5, 0.6) is 0 Å². The molecule has 0 fully saturated rings. The van der Waals surface area contributed by atoms with E-state index in [-0.39, 0.29) is 0 Å². The van der Waals surface area contributed by atoms with Gasteiger partial charge in [-0.15, -0.1) is 0 Å². The standard InChI is InChI=1S/C9H7N3O/c1-2-8(13-5-1)3-4-9-11-6-10-7-12-9/h1-7H/b4-3+. The number of hydrogen-bond donors (Lipinski definition) is 0. The summed E-state index contributed by atoms with van der Waals surface area (Å²) in [6.07, 6.45) is 8.09. The van der Waals surface area contributed by atoms with Gasteiger partial charge in [-0.3, -0.25) is 0 Å². The van der Waals surface area contributed by atoms with Gasteiger partial charge >= 0.3 is 0 Å². The lowest BCUT2D eigenvalue weighted by Crippen LogP contribution is -1.85. The molecule has 13 heavy (non-hydrogen) atoms. The first-order chi connectivity index (χ1) is 6.45. The van der Waals surface area contributed by atoms with Crippen LogP contribution in [0.3, 0.4) is 0 Å². The van der Waals surface area contributed by atoms with E-state index >= 15 is 0 Å². The van der Waals surface area contributed by atoms with Gasteiger partial charge < -0.3 is 4.42 Å². The van der Waals surface area contributed by atoms with Crippen LogP contribution in [0.15, 0.2) is 35.5 Å². The number of aromatic nitrogens is 3. The zero-order valence-electron chi connectivity index (χ0n) is 6.79. The van der Waals surface area contributed by atoms with Crippen molar-refractivity contribution < 1.29 is 4.42 Å². The molecule has 0 N–H and O–H groups in total. The van der Waals surface area contributed by atoms with E-state index in [2.05, 4.69) is 15.0 Å². The second-order valence-electron chi connectivity index (χ2n) is 2.35. The molecule has 0 atom stereocenters. The van der Waals surface area contributed by atoms with Gasteiger partial charge in [0.05, 0.1) is 6.26 Å². The molecule has 0 spiro atoms. The van der Waals surface area contributed by atoms with Gasteiger partial charge in [0, 0.05) is 0 Å². The quantitative estimate of drug-likeness (QED) is 0.692. The molecule has 0 aliphatic heterocycles. The van der Waals surface area contributed by atoms with E-state index in [0.717, 1.165) is 5.76 Å². The van der Waals surface area contributed by atoms with E-state index in [1.807, 2.05) is 12.1 Å². The summed E-state index contributed by atoms with van der Waals surface area (Å²) >= 11 is 0. The van der Waals surface area contributed by atoms with Gasteiger partial charge in [0.1, 0.15) is 18.4 Å². The second-order valence-corrected chi connectivity index (χ2v) is 2.35. The molecule has 4 heteroatoms. The van der Waals surface area contributed by atoms with Crippen molar-refractivity contribution in [2.24, 2.45) is 0 Å². The third kappa shape index (κ3) is 1.99. The van der Waals surface area contributed by atoms with Gasteiger partial charge in [0.15, 0.2) is 5.82 Å². The van der Waals surface area contributed by atoms with E-state index in [1.54, 1.807) is 18.4 Å². The van der Waals surface area contributed by atoms with Crippen LogP contribution in [0.25, 0.3) is 12.2 Å². The van der Waals surface area contributed by atoms with Crippen LogP contribution in [-0.4, -0.2) is 15.0 Å². The fourth-order valence-corrected chi connectivity index (χ4v) is 0.877. The zero-order valence-corrected chi connectivity index (χ0v) is 6.79. The van der Waals surface area contributed by atoms with Crippen LogP contribution in [0, 0.1) is 0 Å². The highest BCUT2D eigenvalue weighted by Crippen LogP contribution is 2.04. The summed E-state index contributed by atoms with van der Waals surface area (Å²) in [5.41, 5.74) is 0. The predicted molar refractivity (Wildman–Crippen MR) is 47.5 cm³/mol. The molecule has 4 nitrogen and oxygen atoms in total. The number of rotatable bonds is 2. The molecule has 2 rings (SSSR count). The van der Waals surface area contributed by atoms with Crippen molar-refractivity contribution >= 4 is 12.2 Å². The van der Waals surface area contributed by atoms with Crippen LogP contribution in [0.4, 0.5) is 0 Å². The summed E-state index contributed by atoms with van der Waals surface area (Å²) in [5.74, 6) is 1.40. The zero-order chi connectivity index (χ0) is 8.93. The molecule has 0 bridgehead atoms. The molecule has 2 aromatic rings. The molecule has 0 aromatic carbocycles. The minimum absolute atomic E-state index is 0.617. The van der Waals surface area contributed by atoms with E-state index in [1.165, 1.54) is 12.7 Å². The molecule has 0 aliphatic rings. The molecule has 64 valence electrons. The van der Waals surface area contributed by atoms with Crippen LogP contribution in [0.1, 0.15) is 11.6 Å². The highest BCUT2D eigenvalue weighted by Gasteiger charge is 1.89. The monoisotopic (exact) mass is 173 g/mol. The first-order valence-electron chi connectivity index (χ1n) is 3.79. The lowest BCUT2D eigenvalue weighted by Gasteiger charge is -1.87. The third-order valence-electron chi connectivity index (χ3n) is 1.45. The van der Waals surface area contributed by atoms with Gasteiger partial charge in [-0.2, -0.15) is 0 Å². The largest absolute Gasteiger partial charge is 0.465 e. The number of furan rings is 1. The van der Waals surface area contributed by atoms with Crippen molar-refractivity contribution in [3.8, 4) is 0 Å². The van der Waals surface area contributed by atoms with Crippen molar-refractivity contribution in [1.82, 2.24) is 15.0 Å². The summed E-state index contributed by atoms with van der Waals surface area (Å²) in [4.78, 5) is 11.6. The molecule has 0 amide bonds. The summed E-state index contributed by atoms with van der Waals surface area (Å²) in [5, 5.41) is 0. The van der Waals surface area contributed by atoms with Crippen LogP contribution in [-0.2, 0) is 0 Å². The van der Waals surface area contributed by atoms with Crippen LogP contribution >= 0.6 is 0 Å². The minimum Gasteiger partial charge on any atom is -0.465 e. The SMILES string of the molecule is C(=C\c1ccco1)/c1ncncn1. The van der Waals surface area contributed by atoms with Crippen molar-refractivity contribution in [1.29, 1.82) is 0 Å². The molecule has 0 radical (unpaired) electrons. The van der Waals surface area contributed by atoms with E-state index < -0.39 is 0 Å². The van der Waals surface area contributed by atoms with Gasteiger partial charge in [0.25, 0.3) is 0 Å². The number of nitrogens with zero attached hydrogens (tertiary/aromatic N) is 3. The maximum atomic E-state index is 5.10. The van der Waals surface area contributed by atoms with Gasteiger partial charge in [-0.05, 0) is 24.3 Å². The van der Waals surface area contributed by atoms with Crippen molar-refractivity contribution in [3.05, 3.63) is 42.6 Å². The molecule has 2 aromatic heterocycles. The highest BCUT2D eigenvalue weighted by atomic mass is 16.3. The Morgan fingerprint density at radius 3 is 2.69 bits per heavy atom. The maximum absolute atomic E-state index is 5.10. The van der Waals surface area contributed by atoms with Crippen molar-refractivity contribution in [2.75, 3.05) is 0 Å². The summed E-state index contributed by atoms with van der Waals surface area (Å²) in [6.45, 7) is 0. The lowest BCUT2D eigenvalue weighted by molar-refractivity contribution is 0.557. The van der Waals surface area contributed by atoms with Crippen molar-refractivity contribution in [3.63, 3.8) is 0 Å². The minimum atomic E-state index is 0.617. The molecule has 0 saturated carbocycles. The smallest absolute Gasteiger partial charge is 0.155 e. The molecule has 2 heterocycles. The molecular weight excluding hydrogens is 166 g/mol. The predicted octanol–water partition coefficient (Wildman–Crippen LogP) is 1.63. The van der Waals surface area contributed by atoms with Gasteiger partial charge in [-0.1, -0.05) is 0 Å². The fraction of sp³-hybridized carbons (Fsp3) is 0. The normalized spacial score (nSPS) is 10.8. The Morgan fingerprint density at radius 1 is 1.15 bits per heavy atom. The Morgan fingerprint density at radius 2 is 2.00 bits per heavy atom. The van der Waals surface area contributed by atoms with E-state index in [4.69, 9.17) is 4.42 Å². The second kappa shape index (κ2) is 3.62. The molecule has 0 aliphatic carbocycles. The Labute approximate surface area is 75.0 Å². The summed E-state index contributed by atoms with van der Waals surface area (Å²) in [6, 6.07) is 3.69. The van der Waals surface area contributed by atoms with Gasteiger partial charge in [-0.25, -0.2) is 15.0 Å². The topological polar surface area (TPSA) is 51.8 Å². The fourth-order valence-electron chi connectivity index (χ4n) is 0.877. The lowest BCUT2D eigenvalue weighted by atomic mass is 10.4. The molecule has 0 unspecified atom stereocenters. The number of hydrogen-bond acceptors (Lipinski definition) is 4. The molecular formula is C9H7N3O. The van der Waals surface area contributed by atoms with Gasteiger partial charge in [0.2, 0.25) is 0 Å². The first kappa shape index (κ1) is 7.67.